The van der Waals surface area contributed by atoms with Gasteiger partial charge in [0.1, 0.15) is 5.52 Å². The smallest absolute Gasteiger partial charge is 0.328 e. The van der Waals surface area contributed by atoms with Gasteiger partial charge in [0.15, 0.2) is 5.65 Å². The van der Waals surface area contributed by atoms with Crippen molar-refractivity contribution in [2.45, 2.75) is 39.7 Å². The lowest BCUT2D eigenvalue weighted by molar-refractivity contribution is 0.285. The molecule has 126 valence electrons. The maximum Gasteiger partial charge on any atom is 0.328 e. The van der Waals surface area contributed by atoms with E-state index in [1.165, 1.54) is 0 Å². The van der Waals surface area contributed by atoms with Gasteiger partial charge < -0.3 is 9.72 Å². The number of aromatic nitrogens is 4. The van der Waals surface area contributed by atoms with Gasteiger partial charge in [-0.2, -0.15) is 9.97 Å². The van der Waals surface area contributed by atoms with E-state index in [9.17, 15) is 4.79 Å². The van der Waals surface area contributed by atoms with E-state index in [4.69, 9.17) is 4.74 Å². The molecule has 0 saturated carbocycles. The van der Waals surface area contributed by atoms with Gasteiger partial charge in [-0.25, -0.2) is 4.79 Å². The van der Waals surface area contributed by atoms with Crippen LogP contribution in [0, 0.1) is 0 Å². The van der Waals surface area contributed by atoms with Crippen molar-refractivity contribution >= 4 is 11.2 Å². The number of H-pyrrole nitrogens is 1. The Morgan fingerprint density at radius 3 is 2.67 bits per heavy atom. The molecule has 0 radical (unpaired) electrons. The lowest BCUT2D eigenvalue weighted by Gasteiger charge is -2.07. The standard InChI is InChI=1S/C18H22N4O2/c1-3-5-11-24-17-19-14(4-2)15-16(21-17)22(18(23)20-15)12-13-9-7-6-8-10-13/h6-10H,3-5,11-12H2,1-2H3,(H,20,23). The summed E-state index contributed by atoms with van der Waals surface area (Å²) in [6.07, 6.45) is 2.70. The lowest BCUT2D eigenvalue weighted by atomic mass is 10.2. The van der Waals surface area contributed by atoms with Gasteiger partial charge in [0.25, 0.3) is 0 Å². The minimum atomic E-state index is -0.177. The van der Waals surface area contributed by atoms with Gasteiger partial charge >= 0.3 is 11.7 Å². The van der Waals surface area contributed by atoms with Crippen LogP contribution in [0.2, 0.25) is 0 Å². The fourth-order valence-electron chi connectivity index (χ4n) is 2.61. The number of rotatable bonds is 7. The largest absolute Gasteiger partial charge is 0.463 e. The molecule has 0 atom stereocenters. The maximum absolute atomic E-state index is 12.4. The predicted octanol–water partition coefficient (Wildman–Crippen LogP) is 2.91. The summed E-state index contributed by atoms with van der Waals surface area (Å²) in [6, 6.07) is 10.2. The Hall–Kier alpha value is -2.63. The second kappa shape index (κ2) is 7.29. The van der Waals surface area contributed by atoms with Crippen LogP contribution >= 0.6 is 0 Å². The van der Waals surface area contributed by atoms with Crippen molar-refractivity contribution in [2.75, 3.05) is 6.61 Å². The fourth-order valence-corrected chi connectivity index (χ4v) is 2.61. The summed E-state index contributed by atoms with van der Waals surface area (Å²) in [7, 11) is 0. The summed E-state index contributed by atoms with van der Waals surface area (Å²) in [5, 5.41) is 0. The zero-order chi connectivity index (χ0) is 16.9. The van der Waals surface area contributed by atoms with Crippen LogP contribution in [0.1, 0.15) is 37.9 Å². The number of imidazole rings is 1. The van der Waals surface area contributed by atoms with E-state index in [1.807, 2.05) is 37.3 Å². The van der Waals surface area contributed by atoms with Crippen molar-refractivity contribution in [2.24, 2.45) is 0 Å². The molecule has 6 nitrogen and oxygen atoms in total. The Bertz CT molecular complexity index is 868. The van der Waals surface area contributed by atoms with E-state index in [2.05, 4.69) is 21.9 Å². The predicted molar refractivity (Wildman–Crippen MR) is 93.5 cm³/mol. The molecule has 0 aliphatic carbocycles. The Kier molecular flexibility index (Phi) is 4.93. The molecule has 2 aromatic heterocycles. The van der Waals surface area contributed by atoms with Crippen molar-refractivity contribution < 1.29 is 4.74 Å². The number of hydrogen-bond donors (Lipinski definition) is 1. The van der Waals surface area contributed by atoms with Crippen LogP contribution in [0.4, 0.5) is 0 Å². The highest BCUT2D eigenvalue weighted by Crippen LogP contribution is 2.17. The number of unbranched alkanes of at least 4 members (excludes halogenated alkanes) is 1. The molecule has 6 heteroatoms. The number of aryl methyl sites for hydroxylation is 1. The summed E-state index contributed by atoms with van der Waals surface area (Å²) in [4.78, 5) is 24.2. The molecule has 2 heterocycles. The molecule has 0 spiro atoms. The van der Waals surface area contributed by atoms with Gasteiger partial charge in [0.2, 0.25) is 0 Å². The van der Waals surface area contributed by atoms with Crippen LogP contribution in [0.5, 0.6) is 6.01 Å². The number of fused-ring (bicyclic) bond motifs is 1. The third-order valence-electron chi connectivity index (χ3n) is 3.92. The molecule has 0 bridgehead atoms. The van der Waals surface area contributed by atoms with Crippen molar-refractivity contribution in [3.8, 4) is 6.01 Å². The highest BCUT2D eigenvalue weighted by molar-refractivity contribution is 5.74. The Morgan fingerprint density at radius 1 is 1.17 bits per heavy atom. The SMILES string of the molecule is CCCCOc1nc(CC)c2[nH]c(=O)n(Cc3ccccc3)c2n1. The number of benzene rings is 1. The first-order valence-electron chi connectivity index (χ1n) is 8.39. The zero-order valence-electron chi connectivity index (χ0n) is 14.1. The normalized spacial score (nSPS) is 11.1. The van der Waals surface area contributed by atoms with Crippen LogP contribution in [0.3, 0.4) is 0 Å². The van der Waals surface area contributed by atoms with E-state index >= 15 is 0 Å². The number of hydrogen-bond acceptors (Lipinski definition) is 4. The van der Waals surface area contributed by atoms with Crippen LogP contribution in [-0.4, -0.2) is 26.1 Å². The molecule has 1 N–H and O–H groups in total. The van der Waals surface area contributed by atoms with Crippen LogP contribution in [0.15, 0.2) is 35.1 Å². The first-order chi connectivity index (χ1) is 11.7. The molecular weight excluding hydrogens is 304 g/mol. The number of nitrogens with one attached hydrogen (secondary N) is 1. The number of ether oxygens (including phenoxy) is 1. The molecule has 0 unspecified atom stereocenters. The van der Waals surface area contributed by atoms with E-state index in [1.54, 1.807) is 4.57 Å². The molecule has 3 rings (SSSR count). The second-order valence-electron chi connectivity index (χ2n) is 5.71. The first kappa shape index (κ1) is 16.2. The van der Waals surface area contributed by atoms with Gasteiger partial charge in [0, 0.05) is 0 Å². The second-order valence-corrected chi connectivity index (χ2v) is 5.71. The molecule has 24 heavy (non-hydrogen) atoms. The maximum atomic E-state index is 12.4. The highest BCUT2D eigenvalue weighted by Gasteiger charge is 2.15. The summed E-state index contributed by atoms with van der Waals surface area (Å²) in [6.45, 7) is 5.16. The van der Waals surface area contributed by atoms with Crippen molar-refractivity contribution in [1.29, 1.82) is 0 Å². The van der Waals surface area contributed by atoms with Crippen LogP contribution in [-0.2, 0) is 13.0 Å². The number of aromatic amines is 1. The Labute approximate surface area is 140 Å². The van der Waals surface area contributed by atoms with Crippen molar-refractivity contribution in [1.82, 2.24) is 19.5 Å². The van der Waals surface area contributed by atoms with Crippen LogP contribution < -0.4 is 10.4 Å². The molecular formula is C18H22N4O2. The van der Waals surface area contributed by atoms with E-state index in [-0.39, 0.29) is 5.69 Å². The van der Waals surface area contributed by atoms with E-state index in [0.717, 1.165) is 24.1 Å². The van der Waals surface area contributed by atoms with Crippen molar-refractivity contribution in [3.05, 3.63) is 52.1 Å². The Morgan fingerprint density at radius 2 is 1.96 bits per heavy atom. The number of nitrogens with zero attached hydrogens (tertiary/aromatic N) is 3. The quantitative estimate of drug-likeness (QED) is 0.678. The van der Waals surface area contributed by atoms with Gasteiger partial charge in [-0.3, -0.25) is 4.57 Å². The van der Waals surface area contributed by atoms with Gasteiger partial charge in [-0.05, 0) is 18.4 Å². The van der Waals surface area contributed by atoms with E-state index < -0.39 is 0 Å². The molecule has 3 aromatic rings. The fraction of sp³-hybridized carbons (Fsp3) is 0.389. The summed E-state index contributed by atoms with van der Waals surface area (Å²) in [5.74, 6) is 0. The first-order valence-corrected chi connectivity index (χ1v) is 8.39. The average molecular weight is 326 g/mol. The minimum Gasteiger partial charge on any atom is -0.463 e. The molecule has 0 aliphatic rings. The zero-order valence-corrected chi connectivity index (χ0v) is 14.1. The van der Waals surface area contributed by atoms with Gasteiger partial charge in [-0.1, -0.05) is 50.6 Å². The minimum absolute atomic E-state index is 0.177. The molecule has 1 aromatic carbocycles. The summed E-state index contributed by atoms with van der Waals surface area (Å²) >= 11 is 0. The molecule has 0 fully saturated rings. The Balaban J connectivity index is 2.03. The van der Waals surface area contributed by atoms with Crippen LogP contribution in [0.25, 0.3) is 11.2 Å². The van der Waals surface area contributed by atoms with E-state index in [0.29, 0.717) is 36.7 Å². The van der Waals surface area contributed by atoms with Crippen molar-refractivity contribution in [3.63, 3.8) is 0 Å². The third kappa shape index (κ3) is 3.32. The average Bonchev–Trinajstić information content (AvgIpc) is 2.91. The highest BCUT2D eigenvalue weighted by atomic mass is 16.5. The molecule has 0 saturated heterocycles. The summed E-state index contributed by atoms with van der Waals surface area (Å²) in [5.41, 5.74) is 2.97. The van der Waals surface area contributed by atoms with Gasteiger partial charge in [0.05, 0.1) is 18.8 Å². The molecule has 0 aliphatic heterocycles. The third-order valence-corrected chi connectivity index (χ3v) is 3.92. The summed E-state index contributed by atoms with van der Waals surface area (Å²) < 4.78 is 7.30. The van der Waals surface area contributed by atoms with Gasteiger partial charge in [-0.15, -0.1) is 0 Å². The topological polar surface area (TPSA) is 72.8 Å². The monoisotopic (exact) mass is 326 g/mol. The molecule has 0 amide bonds. The lowest BCUT2D eigenvalue weighted by Crippen LogP contribution is -2.17.